The molecule has 0 aliphatic rings. The van der Waals surface area contributed by atoms with Crippen LogP contribution < -0.4 is 11.1 Å². The highest BCUT2D eigenvalue weighted by Crippen LogP contribution is 2.29. The van der Waals surface area contributed by atoms with Crippen LogP contribution in [0, 0.1) is 34.6 Å². The second-order valence-corrected chi connectivity index (χ2v) is 5.19. The summed E-state index contributed by atoms with van der Waals surface area (Å²) < 4.78 is 0. The van der Waals surface area contributed by atoms with Gasteiger partial charge in [-0.2, -0.15) is 0 Å². The fraction of sp³-hybridized carbons (Fsp3) is 0.312. The highest BCUT2D eigenvalue weighted by molar-refractivity contribution is 5.69. The van der Waals surface area contributed by atoms with Gasteiger partial charge in [-0.15, -0.1) is 0 Å². The number of nitrogens with zero attached hydrogens (tertiary/aromatic N) is 1. The van der Waals surface area contributed by atoms with Gasteiger partial charge in [-0.1, -0.05) is 6.07 Å². The van der Waals surface area contributed by atoms with E-state index in [4.69, 9.17) is 5.73 Å². The normalized spacial score (nSPS) is 10.6. The Bertz CT molecular complexity index is 604. The highest BCUT2D eigenvalue weighted by Gasteiger charge is 2.09. The van der Waals surface area contributed by atoms with Crippen molar-refractivity contribution in [1.82, 2.24) is 4.98 Å². The maximum atomic E-state index is 5.80. The minimum atomic E-state index is 0.722. The van der Waals surface area contributed by atoms with Crippen LogP contribution in [0.25, 0.3) is 0 Å². The maximum absolute atomic E-state index is 5.80. The summed E-state index contributed by atoms with van der Waals surface area (Å²) in [6.45, 7) is 10.5. The van der Waals surface area contributed by atoms with Gasteiger partial charge in [0.2, 0.25) is 0 Å². The van der Waals surface area contributed by atoms with Crippen molar-refractivity contribution in [2.45, 2.75) is 34.6 Å². The molecule has 0 saturated heterocycles. The van der Waals surface area contributed by atoms with E-state index in [9.17, 15) is 0 Å². The zero-order valence-corrected chi connectivity index (χ0v) is 12.3. The fourth-order valence-corrected chi connectivity index (χ4v) is 2.17. The molecule has 0 aliphatic heterocycles. The van der Waals surface area contributed by atoms with Crippen molar-refractivity contribution >= 4 is 17.2 Å². The third kappa shape index (κ3) is 2.55. The number of nitrogens with two attached hydrogens (primary N) is 1. The van der Waals surface area contributed by atoms with Crippen molar-refractivity contribution in [2.24, 2.45) is 0 Å². The molecule has 2 rings (SSSR count). The van der Waals surface area contributed by atoms with Gasteiger partial charge in [0.25, 0.3) is 0 Å². The summed E-state index contributed by atoms with van der Waals surface area (Å²) >= 11 is 0. The van der Waals surface area contributed by atoms with Crippen LogP contribution in [0.4, 0.5) is 17.2 Å². The van der Waals surface area contributed by atoms with Gasteiger partial charge in [0.05, 0.1) is 11.9 Å². The quantitative estimate of drug-likeness (QED) is 0.854. The molecular weight excluding hydrogens is 234 g/mol. The Balaban J connectivity index is 2.46. The molecule has 0 radical (unpaired) electrons. The summed E-state index contributed by atoms with van der Waals surface area (Å²) in [7, 11) is 0. The van der Waals surface area contributed by atoms with Gasteiger partial charge in [0.15, 0.2) is 0 Å². The number of aromatic nitrogens is 1. The maximum Gasteiger partial charge on any atom is 0.130 e. The van der Waals surface area contributed by atoms with Gasteiger partial charge in [-0.05, 0) is 68.5 Å². The third-order valence-electron chi connectivity index (χ3n) is 3.77. The van der Waals surface area contributed by atoms with E-state index in [2.05, 4.69) is 44.1 Å². The minimum Gasteiger partial charge on any atom is -0.397 e. The Hall–Kier alpha value is -2.03. The predicted octanol–water partition coefficient (Wildman–Crippen LogP) is 3.95. The lowest BCUT2D eigenvalue weighted by molar-refractivity contribution is 1.21. The lowest BCUT2D eigenvalue weighted by Gasteiger charge is -2.17. The Kier molecular flexibility index (Phi) is 3.47. The van der Waals surface area contributed by atoms with Crippen LogP contribution in [-0.4, -0.2) is 4.98 Å². The van der Waals surface area contributed by atoms with E-state index in [0.29, 0.717) is 0 Å². The zero-order chi connectivity index (χ0) is 14.2. The molecule has 0 aliphatic carbocycles. The molecule has 3 nitrogen and oxygen atoms in total. The first-order valence-electron chi connectivity index (χ1n) is 6.46. The number of pyridine rings is 1. The van der Waals surface area contributed by atoms with Gasteiger partial charge >= 0.3 is 0 Å². The molecule has 0 saturated carbocycles. The molecule has 0 spiro atoms. The number of nitrogens with one attached hydrogen (secondary N) is 1. The van der Waals surface area contributed by atoms with Crippen molar-refractivity contribution in [3.8, 4) is 0 Å². The molecule has 19 heavy (non-hydrogen) atoms. The number of hydrogen-bond acceptors (Lipinski definition) is 3. The Morgan fingerprint density at radius 1 is 0.895 bits per heavy atom. The number of nitrogen functional groups attached to an aromatic ring is 1. The molecule has 1 heterocycles. The summed E-state index contributed by atoms with van der Waals surface area (Å²) in [4.78, 5) is 4.34. The van der Waals surface area contributed by atoms with E-state index in [0.717, 1.165) is 22.8 Å². The summed E-state index contributed by atoms with van der Waals surface area (Å²) in [6, 6.07) is 4.20. The molecule has 1 aromatic heterocycles. The monoisotopic (exact) mass is 255 g/mol. The van der Waals surface area contributed by atoms with Gasteiger partial charge in [0.1, 0.15) is 5.82 Å². The van der Waals surface area contributed by atoms with Crippen LogP contribution in [-0.2, 0) is 0 Å². The number of anilines is 3. The average molecular weight is 255 g/mol. The summed E-state index contributed by atoms with van der Waals surface area (Å²) in [5.74, 6) is 0.836. The van der Waals surface area contributed by atoms with E-state index in [1.807, 2.05) is 13.0 Å². The molecule has 3 N–H and O–H groups in total. The largest absolute Gasteiger partial charge is 0.397 e. The lowest BCUT2D eigenvalue weighted by atomic mass is 9.98. The number of aryl methyl sites for hydroxylation is 3. The minimum absolute atomic E-state index is 0.722. The Morgan fingerprint density at radius 3 is 2.00 bits per heavy atom. The summed E-state index contributed by atoms with van der Waals surface area (Å²) in [5, 5.41) is 3.42. The topological polar surface area (TPSA) is 50.9 Å². The van der Waals surface area contributed by atoms with Crippen LogP contribution in [0.5, 0.6) is 0 Å². The van der Waals surface area contributed by atoms with Gasteiger partial charge in [-0.3, -0.25) is 0 Å². The van der Waals surface area contributed by atoms with Crippen LogP contribution in [0.2, 0.25) is 0 Å². The molecule has 0 bridgehead atoms. The first-order valence-corrected chi connectivity index (χ1v) is 6.46. The van der Waals surface area contributed by atoms with E-state index in [-0.39, 0.29) is 0 Å². The molecule has 0 fully saturated rings. The van der Waals surface area contributed by atoms with Crippen molar-refractivity contribution in [3.05, 3.63) is 46.1 Å². The fourth-order valence-electron chi connectivity index (χ4n) is 2.17. The predicted molar refractivity (Wildman–Crippen MR) is 82.1 cm³/mol. The van der Waals surface area contributed by atoms with Crippen molar-refractivity contribution in [3.63, 3.8) is 0 Å². The summed E-state index contributed by atoms with van der Waals surface area (Å²) in [5.41, 5.74) is 13.8. The lowest BCUT2D eigenvalue weighted by Crippen LogP contribution is -2.02. The first kappa shape index (κ1) is 13.4. The SMILES string of the molecule is Cc1cc(Nc2c(C)c(C)cc(C)c2C)ncc1N. The van der Waals surface area contributed by atoms with E-state index in [1.165, 1.54) is 22.3 Å². The molecule has 100 valence electrons. The van der Waals surface area contributed by atoms with Crippen molar-refractivity contribution in [1.29, 1.82) is 0 Å². The number of rotatable bonds is 2. The van der Waals surface area contributed by atoms with Crippen molar-refractivity contribution in [2.75, 3.05) is 11.1 Å². The van der Waals surface area contributed by atoms with Gasteiger partial charge in [0, 0.05) is 5.69 Å². The molecule has 3 heteroatoms. The van der Waals surface area contributed by atoms with E-state index >= 15 is 0 Å². The molecule has 0 atom stereocenters. The van der Waals surface area contributed by atoms with Gasteiger partial charge < -0.3 is 11.1 Å². The zero-order valence-electron chi connectivity index (χ0n) is 12.3. The van der Waals surface area contributed by atoms with Crippen LogP contribution in [0.1, 0.15) is 27.8 Å². The van der Waals surface area contributed by atoms with Gasteiger partial charge in [-0.25, -0.2) is 4.98 Å². The standard InChI is InChI=1S/C16H21N3/c1-9-6-10(2)13(5)16(12(9)4)19-15-7-11(3)14(17)8-18-15/h6-8H,17H2,1-5H3,(H,18,19). The Labute approximate surface area is 114 Å². The second-order valence-electron chi connectivity index (χ2n) is 5.19. The van der Waals surface area contributed by atoms with E-state index in [1.54, 1.807) is 6.20 Å². The third-order valence-corrected chi connectivity index (χ3v) is 3.77. The summed E-state index contributed by atoms with van der Waals surface area (Å²) in [6.07, 6.45) is 1.70. The smallest absolute Gasteiger partial charge is 0.130 e. The molecule has 1 aromatic carbocycles. The molecular formula is C16H21N3. The number of hydrogen-bond donors (Lipinski definition) is 2. The second kappa shape index (κ2) is 4.92. The average Bonchev–Trinajstić information content (AvgIpc) is 2.36. The van der Waals surface area contributed by atoms with Crippen LogP contribution >= 0.6 is 0 Å². The Morgan fingerprint density at radius 2 is 1.47 bits per heavy atom. The first-order chi connectivity index (χ1) is 8.90. The molecule has 2 aromatic rings. The molecule has 0 amide bonds. The van der Waals surface area contributed by atoms with Crippen molar-refractivity contribution < 1.29 is 0 Å². The van der Waals surface area contributed by atoms with Crippen LogP contribution in [0.15, 0.2) is 18.3 Å². The highest BCUT2D eigenvalue weighted by atomic mass is 15.0. The van der Waals surface area contributed by atoms with Crippen LogP contribution in [0.3, 0.4) is 0 Å². The molecule has 0 unspecified atom stereocenters. The van der Waals surface area contributed by atoms with E-state index < -0.39 is 0 Å². The number of benzene rings is 1.